The largest absolute Gasteiger partial charge is 0.381 e. The molecule has 0 amide bonds. The van der Waals surface area contributed by atoms with Gasteiger partial charge in [0.1, 0.15) is 4.11 Å². The van der Waals surface area contributed by atoms with Crippen LogP contribution < -0.4 is 0 Å². The summed E-state index contributed by atoms with van der Waals surface area (Å²) in [5, 5.41) is 8.93. The molecule has 1 N–H and O–H groups in total. The van der Waals surface area contributed by atoms with Gasteiger partial charge in [-0.15, -0.1) is 0 Å². The van der Waals surface area contributed by atoms with Gasteiger partial charge in [0.05, 0.1) is 0 Å². The SMILES string of the molecule is CCN(CC)CC(O)I. The molecule has 0 aromatic carbocycles. The quantitative estimate of drug-likeness (QED) is 0.590. The second-order valence-corrected chi connectivity index (χ2v) is 3.36. The lowest BCUT2D eigenvalue weighted by Gasteiger charge is -2.18. The number of likely N-dealkylation sites (N-methyl/N-ethyl adjacent to an activating group) is 1. The maximum absolute atomic E-state index is 8.93. The molecule has 1 atom stereocenters. The van der Waals surface area contributed by atoms with E-state index in [0.29, 0.717) is 0 Å². The van der Waals surface area contributed by atoms with Crippen LogP contribution in [0.2, 0.25) is 0 Å². The first-order chi connectivity index (χ1) is 4.20. The number of alkyl halides is 1. The fraction of sp³-hybridized carbons (Fsp3) is 1.00. The van der Waals surface area contributed by atoms with Crippen molar-refractivity contribution in [2.45, 2.75) is 18.0 Å². The van der Waals surface area contributed by atoms with Crippen LogP contribution in [0.3, 0.4) is 0 Å². The molecule has 3 heteroatoms. The third-order valence-corrected chi connectivity index (χ3v) is 1.70. The van der Waals surface area contributed by atoms with E-state index in [4.69, 9.17) is 5.11 Å². The first-order valence-electron chi connectivity index (χ1n) is 3.25. The molecular formula is C6H14INO. The summed E-state index contributed by atoms with van der Waals surface area (Å²) in [5.74, 6) is 0. The second kappa shape index (κ2) is 5.44. The van der Waals surface area contributed by atoms with E-state index in [0.717, 1.165) is 19.6 Å². The van der Waals surface area contributed by atoms with Gasteiger partial charge >= 0.3 is 0 Å². The van der Waals surface area contributed by atoms with Crippen LogP contribution in [-0.2, 0) is 0 Å². The van der Waals surface area contributed by atoms with Gasteiger partial charge in [-0.1, -0.05) is 36.4 Å². The Morgan fingerprint density at radius 3 is 2.00 bits per heavy atom. The molecule has 0 aromatic heterocycles. The molecule has 0 heterocycles. The van der Waals surface area contributed by atoms with E-state index in [-0.39, 0.29) is 4.11 Å². The average Bonchev–Trinajstić information content (AvgIpc) is 1.82. The van der Waals surface area contributed by atoms with Crippen LogP contribution in [0.5, 0.6) is 0 Å². The Labute approximate surface area is 70.4 Å². The highest BCUT2D eigenvalue weighted by Crippen LogP contribution is 1.98. The summed E-state index contributed by atoms with van der Waals surface area (Å²) in [7, 11) is 0. The molecule has 0 aromatic rings. The highest BCUT2D eigenvalue weighted by molar-refractivity contribution is 14.1. The van der Waals surface area contributed by atoms with Crippen molar-refractivity contribution >= 4 is 22.6 Å². The maximum atomic E-state index is 8.93. The van der Waals surface area contributed by atoms with Gasteiger partial charge < -0.3 is 10.0 Å². The third-order valence-electron chi connectivity index (χ3n) is 1.30. The minimum atomic E-state index is -0.220. The van der Waals surface area contributed by atoms with Gasteiger partial charge in [-0.3, -0.25) is 0 Å². The number of hydrogen-bond acceptors (Lipinski definition) is 2. The number of aliphatic hydroxyl groups excluding tert-OH is 1. The summed E-state index contributed by atoms with van der Waals surface area (Å²) in [6, 6.07) is 0. The molecule has 56 valence electrons. The fourth-order valence-electron chi connectivity index (χ4n) is 0.695. The summed E-state index contributed by atoms with van der Waals surface area (Å²) in [6.07, 6.45) is 0. The van der Waals surface area contributed by atoms with Crippen molar-refractivity contribution < 1.29 is 5.11 Å². The molecule has 2 nitrogen and oxygen atoms in total. The molecule has 9 heavy (non-hydrogen) atoms. The zero-order valence-electron chi connectivity index (χ0n) is 5.97. The summed E-state index contributed by atoms with van der Waals surface area (Å²) in [5.41, 5.74) is 0. The van der Waals surface area contributed by atoms with Gasteiger partial charge in [-0.25, -0.2) is 0 Å². The van der Waals surface area contributed by atoms with Gasteiger partial charge in [-0.05, 0) is 13.1 Å². The van der Waals surface area contributed by atoms with Crippen molar-refractivity contribution in [3.05, 3.63) is 0 Å². The van der Waals surface area contributed by atoms with Crippen molar-refractivity contribution in [2.75, 3.05) is 19.6 Å². The highest BCUT2D eigenvalue weighted by Gasteiger charge is 2.02. The first-order valence-corrected chi connectivity index (χ1v) is 4.49. The molecule has 0 spiro atoms. The Balaban J connectivity index is 3.31. The minimum absolute atomic E-state index is 0.220. The lowest BCUT2D eigenvalue weighted by atomic mass is 10.5. The van der Waals surface area contributed by atoms with E-state index in [9.17, 15) is 0 Å². The van der Waals surface area contributed by atoms with Crippen LogP contribution in [0.15, 0.2) is 0 Å². The Morgan fingerprint density at radius 1 is 1.44 bits per heavy atom. The predicted molar refractivity (Wildman–Crippen MR) is 47.8 cm³/mol. The molecule has 0 fully saturated rings. The van der Waals surface area contributed by atoms with Crippen molar-refractivity contribution in [3.63, 3.8) is 0 Å². The zero-order valence-corrected chi connectivity index (χ0v) is 8.13. The van der Waals surface area contributed by atoms with Gasteiger partial charge in [-0.2, -0.15) is 0 Å². The fourth-order valence-corrected chi connectivity index (χ4v) is 1.25. The summed E-state index contributed by atoms with van der Waals surface area (Å²) >= 11 is 2.02. The topological polar surface area (TPSA) is 23.5 Å². The predicted octanol–water partition coefficient (Wildman–Crippen LogP) is 1.08. The number of halogens is 1. The Bertz CT molecular complexity index is 64.1. The molecule has 0 rings (SSSR count). The molecule has 0 aliphatic carbocycles. The Morgan fingerprint density at radius 2 is 1.89 bits per heavy atom. The van der Waals surface area contributed by atoms with Crippen LogP contribution in [0.25, 0.3) is 0 Å². The van der Waals surface area contributed by atoms with Crippen LogP contribution in [-0.4, -0.2) is 33.8 Å². The summed E-state index contributed by atoms with van der Waals surface area (Å²) in [6.45, 7) is 7.03. The lowest BCUT2D eigenvalue weighted by Crippen LogP contribution is -2.29. The van der Waals surface area contributed by atoms with E-state index >= 15 is 0 Å². The minimum Gasteiger partial charge on any atom is -0.381 e. The number of aliphatic hydroxyl groups is 1. The van der Waals surface area contributed by atoms with E-state index in [1.54, 1.807) is 0 Å². The molecule has 0 bridgehead atoms. The van der Waals surface area contributed by atoms with Gasteiger partial charge in [0.2, 0.25) is 0 Å². The average molecular weight is 243 g/mol. The van der Waals surface area contributed by atoms with E-state index in [2.05, 4.69) is 18.7 Å². The third kappa shape index (κ3) is 5.11. The smallest absolute Gasteiger partial charge is 0.117 e. The highest BCUT2D eigenvalue weighted by atomic mass is 127. The molecule has 0 aliphatic heterocycles. The van der Waals surface area contributed by atoms with Crippen LogP contribution >= 0.6 is 22.6 Å². The molecule has 0 saturated heterocycles. The van der Waals surface area contributed by atoms with Gasteiger partial charge in [0.25, 0.3) is 0 Å². The van der Waals surface area contributed by atoms with E-state index < -0.39 is 0 Å². The normalized spacial score (nSPS) is 14.3. The Kier molecular flexibility index (Phi) is 5.83. The van der Waals surface area contributed by atoms with E-state index in [1.807, 2.05) is 22.6 Å². The molecule has 0 saturated carbocycles. The second-order valence-electron chi connectivity index (χ2n) is 1.92. The standard InChI is InChI=1S/C6H14INO/c1-3-8(4-2)5-6(7)9/h6,9H,3-5H2,1-2H3. The monoisotopic (exact) mass is 243 g/mol. The number of hydrogen-bond donors (Lipinski definition) is 1. The Hall–Kier alpha value is 0.650. The van der Waals surface area contributed by atoms with Crippen LogP contribution in [0, 0.1) is 0 Å². The lowest BCUT2D eigenvalue weighted by molar-refractivity contribution is 0.195. The molecular weight excluding hydrogens is 229 g/mol. The first kappa shape index (κ1) is 9.65. The number of rotatable bonds is 4. The molecule has 1 unspecified atom stereocenters. The number of nitrogens with zero attached hydrogens (tertiary/aromatic N) is 1. The summed E-state index contributed by atoms with van der Waals surface area (Å²) < 4.78 is -0.220. The van der Waals surface area contributed by atoms with Crippen LogP contribution in [0.1, 0.15) is 13.8 Å². The van der Waals surface area contributed by atoms with Crippen molar-refractivity contribution in [1.29, 1.82) is 0 Å². The molecule has 0 radical (unpaired) electrons. The molecule has 0 aliphatic rings. The van der Waals surface area contributed by atoms with Gasteiger partial charge in [0, 0.05) is 6.54 Å². The van der Waals surface area contributed by atoms with Crippen LogP contribution in [0.4, 0.5) is 0 Å². The van der Waals surface area contributed by atoms with E-state index in [1.165, 1.54) is 0 Å². The van der Waals surface area contributed by atoms with Crippen molar-refractivity contribution in [1.82, 2.24) is 4.90 Å². The zero-order chi connectivity index (χ0) is 7.28. The van der Waals surface area contributed by atoms with Gasteiger partial charge in [0.15, 0.2) is 0 Å². The van der Waals surface area contributed by atoms with Crippen molar-refractivity contribution in [2.24, 2.45) is 0 Å². The summed E-state index contributed by atoms with van der Waals surface area (Å²) in [4.78, 5) is 2.19. The maximum Gasteiger partial charge on any atom is 0.117 e. The van der Waals surface area contributed by atoms with Crippen molar-refractivity contribution in [3.8, 4) is 0 Å².